The van der Waals surface area contributed by atoms with Crippen molar-refractivity contribution in [1.29, 1.82) is 0 Å². The van der Waals surface area contributed by atoms with Crippen LogP contribution in [0.4, 0.5) is 4.79 Å². The second-order valence-corrected chi connectivity index (χ2v) is 6.58. The molecule has 1 aromatic rings. The highest BCUT2D eigenvalue weighted by Gasteiger charge is 2.43. The predicted octanol–water partition coefficient (Wildman–Crippen LogP) is 2.88. The van der Waals surface area contributed by atoms with Crippen LogP contribution in [0.1, 0.15) is 28.3 Å². The van der Waals surface area contributed by atoms with Gasteiger partial charge in [0, 0.05) is 17.6 Å². The fourth-order valence-electron chi connectivity index (χ4n) is 3.01. The molecule has 1 N–H and O–H groups in total. The van der Waals surface area contributed by atoms with Crippen LogP contribution in [0, 0.1) is 5.92 Å². The summed E-state index contributed by atoms with van der Waals surface area (Å²) in [6.07, 6.45) is -0.482. The summed E-state index contributed by atoms with van der Waals surface area (Å²) < 4.78 is 5.36. The molecule has 0 aliphatic carbocycles. The molecule has 1 aromatic carbocycles. The summed E-state index contributed by atoms with van der Waals surface area (Å²) in [5.41, 5.74) is 0.793. The smallest absolute Gasteiger partial charge is 0.407 e. The molecule has 0 spiro atoms. The molecule has 2 atom stereocenters. The molecule has 2 unspecified atom stereocenters. The van der Waals surface area contributed by atoms with Crippen LogP contribution in [0.15, 0.2) is 16.6 Å². The molecule has 2 aliphatic heterocycles. The molecule has 0 bridgehead atoms. The number of esters is 2. The highest BCUT2D eigenvalue weighted by atomic mass is 79.9. The molecule has 8 heteroatoms. The van der Waals surface area contributed by atoms with E-state index in [9.17, 15) is 14.4 Å². The molecule has 22 heavy (non-hydrogen) atoms. The third-order valence-electron chi connectivity index (χ3n) is 4.06. The molecule has 3 rings (SSSR count). The number of rotatable bonds is 1. The first-order valence-corrected chi connectivity index (χ1v) is 7.78. The number of amides is 1. The van der Waals surface area contributed by atoms with Gasteiger partial charge in [0.15, 0.2) is 0 Å². The third-order valence-corrected chi connectivity index (χ3v) is 5.26. The van der Waals surface area contributed by atoms with Gasteiger partial charge >= 0.3 is 18.0 Å². The van der Waals surface area contributed by atoms with E-state index in [1.807, 2.05) is 0 Å². The van der Waals surface area contributed by atoms with Gasteiger partial charge in [-0.25, -0.2) is 9.59 Å². The van der Waals surface area contributed by atoms with Gasteiger partial charge in [0.2, 0.25) is 0 Å². The van der Waals surface area contributed by atoms with E-state index in [1.54, 1.807) is 6.07 Å². The lowest BCUT2D eigenvalue weighted by Crippen LogP contribution is -2.34. The van der Waals surface area contributed by atoms with Crippen molar-refractivity contribution in [3.05, 3.63) is 32.8 Å². The van der Waals surface area contributed by atoms with E-state index in [0.29, 0.717) is 28.0 Å². The van der Waals surface area contributed by atoms with E-state index in [-0.39, 0.29) is 18.0 Å². The lowest BCUT2D eigenvalue weighted by Gasteiger charge is -2.27. The quantitative estimate of drug-likeness (QED) is 0.591. The molecule has 1 fully saturated rings. The molecule has 0 saturated carbocycles. The molecule has 2 aliphatic rings. The maximum Gasteiger partial charge on any atom is 0.407 e. The van der Waals surface area contributed by atoms with E-state index in [0.717, 1.165) is 0 Å². The first kappa shape index (κ1) is 15.3. The second kappa shape index (κ2) is 5.55. The normalized spacial score (nSPS) is 24.2. The fraction of sp³-hybridized carbons (Fsp3) is 0.357. The Morgan fingerprint density at radius 2 is 2.14 bits per heavy atom. The molecule has 116 valence electrons. The largest absolute Gasteiger partial charge is 0.465 e. The summed E-state index contributed by atoms with van der Waals surface area (Å²) in [5.74, 6) is -2.26. The third kappa shape index (κ3) is 2.48. The van der Waals surface area contributed by atoms with E-state index in [4.69, 9.17) is 21.4 Å². The van der Waals surface area contributed by atoms with Crippen molar-refractivity contribution < 1.29 is 24.2 Å². The van der Waals surface area contributed by atoms with Gasteiger partial charge in [-0.3, -0.25) is 4.79 Å². The molecular weight excluding hydrogens is 378 g/mol. The van der Waals surface area contributed by atoms with Crippen molar-refractivity contribution in [3.63, 3.8) is 0 Å². The predicted molar refractivity (Wildman–Crippen MR) is 80.0 cm³/mol. The highest BCUT2D eigenvalue weighted by Crippen LogP contribution is 2.40. The van der Waals surface area contributed by atoms with Gasteiger partial charge in [0.25, 0.3) is 0 Å². The summed E-state index contributed by atoms with van der Waals surface area (Å²) in [6.45, 7) is 0.591. The molecule has 0 aromatic heterocycles. The topological polar surface area (TPSA) is 83.9 Å². The Labute approximate surface area is 139 Å². The number of likely N-dealkylation sites (tertiary alicyclic amines) is 1. The first-order chi connectivity index (χ1) is 10.4. The van der Waals surface area contributed by atoms with E-state index >= 15 is 0 Å². The van der Waals surface area contributed by atoms with E-state index in [1.165, 1.54) is 11.0 Å². The maximum atomic E-state index is 12.2. The number of halogens is 2. The molecule has 1 amide bonds. The Morgan fingerprint density at radius 3 is 2.77 bits per heavy atom. The summed E-state index contributed by atoms with van der Waals surface area (Å²) in [6, 6.07) is 3.11. The van der Waals surface area contributed by atoms with Crippen molar-refractivity contribution in [1.82, 2.24) is 4.90 Å². The molecule has 0 radical (unpaired) electrons. The van der Waals surface area contributed by atoms with Crippen LogP contribution in [0.5, 0.6) is 0 Å². The number of cyclic esters (lactones) is 2. The molecular formula is C14H11BrClNO5. The second-order valence-electron chi connectivity index (χ2n) is 5.32. The number of carbonyl (C=O) groups excluding carboxylic acids is 2. The maximum absolute atomic E-state index is 12.2. The van der Waals surface area contributed by atoms with Gasteiger partial charge < -0.3 is 14.7 Å². The zero-order valence-corrected chi connectivity index (χ0v) is 13.6. The van der Waals surface area contributed by atoms with Gasteiger partial charge in [-0.1, -0.05) is 11.6 Å². The average Bonchev–Trinajstić information content (AvgIpc) is 2.91. The molecule has 1 saturated heterocycles. The number of hydrogen-bond donors (Lipinski definition) is 1. The Bertz CT molecular complexity index is 692. The van der Waals surface area contributed by atoms with Crippen LogP contribution in [-0.4, -0.2) is 41.1 Å². The summed E-state index contributed by atoms with van der Waals surface area (Å²) in [7, 11) is 0. The Balaban J connectivity index is 2.01. The van der Waals surface area contributed by atoms with Crippen LogP contribution in [0.2, 0.25) is 5.02 Å². The lowest BCUT2D eigenvalue weighted by molar-refractivity contribution is -0.141. The Hall–Kier alpha value is -1.60. The van der Waals surface area contributed by atoms with Crippen molar-refractivity contribution in [3.8, 4) is 0 Å². The fourth-order valence-corrected chi connectivity index (χ4v) is 3.53. The summed E-state index contributed by atoms with van der Waals surface area (Å²) in [5, 5.41) is 9.43. The van der Waals surface area contributed by atoms with Gasteiger partial charge in [0.1, 0.15) is 0 Å². The van der Waals surface area contributed by atoms with Crippen LogP contribution in [0.3, 0.4) is 0 Å². The summed E-state index contributed by atoms with van der Waals surface area (Å²) >= 11 is 9.32. The SMILES string of the molecule is O=C1OC(=O)C(C2CCN(C(=O)O)C2)c2cc(Cl)c(Br)cc21. The Morgan fingerprint density at radius 1 is 1.41 bits per heavy atom. The molecule has 2 heterocycles. The number of hydrogen-bond acceptors (Lipinski definition) is 4. The number of fused-ring (bicyclic) bond motifs is 1. The first-order valence-electron chi connectivity index (χ1n) is 6.61. The summed E-state index contributed by atoms with van der Waals surface area (Å²) in [4.78, 5) is 36.3. The average molecular weight is 389 g/mol. The standard InChI is InChI=1S/C14H11BrClNO5/c15-9-3-8-7(4-10(9)16)11(13(19)22-12(8)18)6-1-2-17(5-6)14(20)21/h3-4,6,11H,1-2,5H2,(H,20,21). The number of carbonyl (C=O) groups is 3. The van der Waals surface area contributed by atoms with E-state index < -0.39 is 23.9 Å². The zero-order chi connectivity index (χ0) is 16.0. The van der Waals surface area contributed by atoms with Crippen LogP contribution in [0.25, 0.3) is 0 Å². The highest BCUT2D eigenvalue weighted by molar-refractivity contribution is 9.10. The minimum absolute atomic E-state index is 0.229. The van der Waals surface area contributed by atoms with Gasteiger partial charge in [-0.15, -0.1) is 0 Å². The van der Waals surface area contributed by atoms with Gasteiger partial charge in [-0.05, 0) is 46.0 Å². The van der Waals surface area contributed by atoms with Crippen molar-refractivity contribution in [2.24, 2.45) is 5.92 Å². The molecule has 6 nitrogen and oxygen atoms in total. The van der Waals surface area contributed by atoms with Crippen molar-refractivity contribution in [2.75, 3.05) is 13.1 Å². The van der Waals surface area contributed by atoms with Gasteiger partial charge in [-0.2, -0.15) is 0 Å². The van der Waals surface area contributed by atoms with Crippen molar-refractivity contribution >= 4 is 45.6 Å². The number of ether oxygens (including phenoxy) is 1. The van der Waals surface area contributed by atoms with Crippen molar-refractivity contribution in [2.45, 2.75) is 12.3 Å². The number of nitrogens with zero attached hydrogens (tertiary/aromatic N) is 1. The minimum Gasteiger partial charge on any atom is -0.465 e. The number of benzene rings is 1. The van der Waals surface area contributed by atoms with Gasteiger partial charge in [0.05, 0.1) is 16.5 Å². The van der Waals surface area contributed by atoms with Crippen LogP contribution in [-0.2, 0) is 9.53 Å². The lowest BCUT2D eigenvalue weighted by atomic mass is 9.81. The van der Waals surface area contributed by atoms with Crippen LogP contribution < -0.4 is 0 Å². The monoisotopic (exact) mass is 387 g/mol. The zero-order valence-electron chi connectivity index (χ0n) is 11.2. The number of carboxylic acid groups (broad SMARTS) is 1. The minimum atomic E-state index is -1.02. The Kier molecular flexibility index (Phi) is 3.86. The van der Waals surface area contributed by atoms with E-state index in [2.05, 4.69) is 15.9 Å². The van der Waals surface area contributed by atoms with Crippen LogP contribution >= 0.6 is 27.5 Å².